The number of carbonyl (C=O) groups is 2. The highest BCUT2D eigenvalue weighted by atomic mass is 32.2. The van der Waals surface area contributed by atoms with Crippen LogP contribution in [0.4, 0.5) is 4.39 Å². The Morgan fingerprint density at radius 1 is 0.882 bits per heavy atom. The zero-order valence-electron chi connectivity index (χ0n) is 17.9. The van der Waals surface area contributed by atoms with Crippen molar-refractivity contribution in [3.05, 3.63) is 90.4 Å². The van der Waals surface area contributed by atoms with E-state index in [9.17, 15) is 18.2 Å². The second-order valence-electron chi connectivity index (χ2n) is 7.76. The fourth-order valence-electron chi connectivity index (χ4n) is 3.99. The maximum atomic E-state index is 13.4. The molecule has 5 aromatic rings. The number of benzene rings is 3. The summed E-state index contributed by atoms with van der Waals surface area (Å²) in [5, 5.41) is 4.06. The topological polar surface area (TPSA) is 94.8 Å². The summed E-state index contributed by atoms with van der Waals surface area (Å²) in [4.78, 5) is 31.9. The molecule has 0 saturated heterocycles. The van der Waals surface area contributed by atoms with Gasteiger partial charge >= 0.3 is 0 Å². The molecule has 3 aromatic carbocycles. The van der Waals surface area contributed by atoms with E-state index in [0.29, 0.717) is 27.1 Å². The third-order valence-corrected chi connectivity index (χ3v) is 7.09. The van der Waals surface area contributed by atoms with Crippen LogP contribution in [0.3, 0.4) is 0 Å². The normalized spacial score (nSPS) is 12.1. The molecule has 2 aromatic heterocycles. The molecule has 5 rings (SSSR count). The Balaban J connectivity index is 1.33. The number of Topliss-reactive ketones (excluding diaryl/α,β-unsaturated/α-hetero) is 1. The fraction of sp³-hybridized carbons (Fsp3) is 0.0769. The van der Waals surface area contributed by atoms with E-state index in [1.165, 1.54) is 18.3 Å². The molecule has 1 atom stereocenters. The molecular weight excluding hydrogens is 453 g/mol. The van der Waals surface area contributed by atoms with Crippen LogP contribution < -0.4 is 5.32 Å². The minimum atomic E-state index is -1.49. The third kappa shape index (κ3) is 4.04. The van der Waals surface area contributed by atoms with Crippen molar-refractivity contribution in [2.45, 2.75) is 4.90 Å². The molecule has 0 bridgehead atoms. The predicted octanol–water partition coefficient (Wildman–Crippen LogP) is 4.56. The maximum Gasteiger partial charge on any atom is 0.292 e. The van der Waals surface area contributed by atoms with Crippen LogP contribution in [0.1, 0.15) is 10.4 Å². The number of halogens is 1. The van der Waals surface area contributed by atoms with Gasteiger partial charge in [-0.05, 0) is 42.0 Å². The van der Waals surface area contributed by atoms with Crippen molar-refractivity contribution in [1.29, 1.82) is 0 Å². The zero-order valence-corrected chi connectivity index (χ0v) is 18.7. The lowest BCUT2D eigenvalue weighted by atomic mass is 10.1. The van der Waals surface area contributed by atoms with Gasteiger partial charge in [0, 0.05) is 40.3 Å². The highest BCUT2D eigenvalue weighted by Crippen LogP contribution is 2.33. The fourth-order valence-corrected chi connectivity index (χ4v) is 5.31. The van der Waals surface area contributed by atoms with Gasteiger partial charge in [0.1, 0.15) is 5.82 Å². The molecule has 8 heteroatoms. The Labute approximate surface area is 196 Å². The lowest BCUT2D eigenvalue weighted by molar-refractivity contribution is -0.116. The third-order valence-electron chi connectivity index (χ3n) is 5.63. The molecule has 170 valence electrons. The van der Waals surface area contributed by atoms with Crippen molar-refractivity contribution < 1.29 is 18.2 Å². The van der Waals surface area contributed by atoms with Crippen molar-refractivity contribution in [2.24, 2.45) is 0 Å². The summed E-state index contributed by atoms with van der Waals surface area (Å²) in [6.07, 6.45) is 1.52. The molecule has 0 radical (unpaired) electrons. The first-order valence-corrected chi connectivity index (χ1v) is 12.0. The van der Waals surface area contributed by atoms with Gasteiger partial charge in [-0.2, -0.15) is 0 Å². The van der Waals surface area contributed by atoms with Crippen LogP contribution in [-0.4, -0.2) is 38.2 Å². The van der Waals surface area contributed by atoms with Crippen LogP contribution in [0.15, 0.2) is 83.9 Å². The molecule has 0 aliphatic carbocycles. The molecule has 34 heavy (non-hydrogen) atoms. The second kappa shape index (κ2) is 9.07. The standard InChI is InChI=1S/C26H20FN3O3S/c27-17-11-9-16(10-12-17)23-25(19-6-2-4-8-22(19)30-23)34(33)14-13-28-26(32)24(31)20-15-29-21-7-3-1-5-18(20)21/h1-12,15,29-30H,13-14H2,(H,28,32)/t34-/m1/s1. The number of hydrogen-bond acceptors (Lipinski definition) is 3. The number of rotatable bonds is 7. The van der Waals surface area contributed by atoms with E-state index in [0.717, 1.165) is 16.4 Å². The largest absolute Gasteiger partial charge is 0.360 e. The SMILES string of the molecule is O=C(NCC[S@@](=O)c1c(-c2ccc(F)cc2)[nH]c2ccccc12)C(=O)c1c[nH]c2ccccc12. The van der Waals surface area contributed by atoms with Crippen molar-refractivity contribution in [1.82, 2.24) is 15.3 Å². The van der Waals surface area contributed by atoms with Crippen molar-refractivity contribution in [3.63, 3.8) is 0 Å². The van der Waals surface area contributed by atoms with Crippen LogP contribution in [0, 0.1) is 5.82 Å². The van der Waals surface area contributed by atoms with Crippen LogP contribution in [0.2, 0.25) is 0 Å². The smallest absolute Gasteiger partial charge is 0.292 e. The van der Waals surface area contributed by atoms with Gasteiger partial charge in [-0.1, -0.05) is 36.4 Å². The number of para-hydroxylation sites is 2. The Bertz CT molecular complexity index is 1550. The monoisotopic (exact) mass is 473 g/mol. The molecule has 0 saturated carbocycles. The van der Waals surface area contributed by atoms with E-state index in [-0.39, 0.29) is 18.1 Å². The predicted molar refractivity (Wildman–Crippen MR) is 131 cm³/mol. The van der Waals surface area contributed by atoms with Crippen LogP contribution >= 0.6 is 0 Å². The summed E-state index contributed by atoms with van der Waals surface area (Å²) in [5.41, 5.74) is 3.22. The van der Waals surface area contributed by atoms with Gasteiger partial charge in [0.25, 0.3) is 11.7 Å². The van der Waals surface area contributed by atoms with E-state index < -0.39 is 22.5 Å². The number of amides is 1. The minimum absolute atomic E-state index is 0.0574. The molecule has 0 fully saturated rings. The lowest BCUT2D eigenvalue weighted by Crippen LogP contribution is -2.33. The summed E-state index contributed by atoms with van der Waals surface area (Å²) in [5.74, 6) is -1.64. The Hall–Kier alpha value is -4.04. The van der Waals surface area contributed by atoms with Gasteiger partial charge in [-0.15, -0.1) is 0 Å². The Morgan fingerprint density at radius 3 is 2.32 bits per heavy atom. The molecule has 3 N–H and O–H groups in total. The first-order chi connectivity index (χ1) is 16.5. The lowest BCUT2D eigenvalue weighted by Gasteiger charge is -2.07. The number of nitrogens with one attached hydrogen (secondary N) is 3. The van der Waals surface area contributed by atoms with E-state index in [4.69, 9.17) is 0 Å². The van der Waals surface area contributed by atoms with Gasteiger partial charge < -0.3 is 15.3 Å². The highest BCUT2D eigenvalue weighted by Gasteiger charge is 2.21. The van der Waals surface area contributed by atoms with Crippen molar-refractivity contribution in [3.8, 4) is 11.3 Å². The van der Waals surface area contributed by atoms with Crippen LogP contribution in [-0.2, 0) is 15.6 Å². The summed E-state index contributed by atoms with van der Waals surface area (Å²) in [7, 11) is -1.49. The summed E-state index contributed by atoms with van der Waals surface area (Å²) in [6, 6.07) is 20.7. The number of ketones is 1. The molecule has 0 spiro atoms. The quantitative estimate of drug-likeness (QED) is 0.239. The highest BCUT2D eigenvalue weighted by molar-refractivity contribution is 7.85. The maximum absolute atomic E-state index is 13.4. The average Bonchev–Trinajstić information content (AvgIpc) is 3.46. The average molecular weight is 474 g/mol. The molecule has 0 aliphatic rings. The van der Waals surface area contributed by atoms with Gasteiger partial charge in [-0.3, -0.25) is 13.8 Å². The van der Waals surface area contributed by atoms with Crippen LogP contribution in [0.5, 0.6) is 0 Å². The zero-order chi connectivity index (χ0) is 23.7. The molecule has 1 amide bonds. The van der Waals surface area contributed by atoms with Crippen molar-refractivity contribution >= 4 is 44.3 Å². The number of hydrogen-bond donors (Lipinski definition) is 3. The Morgan fingerprint density at radius 2 is 1.56 bits per heavy atom. The first-order valence-electron chi connectivity index (χ1n) is 10.7. The van der Waals surface area contributed by atoms with E-state index in [2.05, 4.69) is 15.3 Å². The number of carbonyl (C=O) groups excluding carboxylic acids is 2. The Kier molecular flexibility index (Phi) is 5.81. The van der Waals surface area contributed by atoms with E-state index in [1.54, 1.807) is 24.3 Å². The number of aromatic nitrogens is 2. The summed E-state index contributed by atoms with van der Waals surface area (Å²) >= 11 is 0. The van der Waals surface area contributed by atoms with Gasteiger partial charge in [0.2, 0.25) is 0 Å². The minimum Gasteiger partial charge on any atom is -0.360 e. The van der Waals surface area contributed by atoms with Gasteiger partial charge in [0.05, 0.1) is 27.0 Å². The second-order valence-corrected chi connectivity index (χ2v) is 9.27. The van der Waals surface area contributed by atoms with Gasteiger partial charge in [0.15, 0.2) is 0 Å². The summed E-state index contributed by atoms with van der Waals surface area (Å²) in [6.45, 7) is 0.0574. The molecular formula is C26H20FN3O3S. The van der Waals surface area contributed by atoms with Crippen LogP contribution in [0.25, 0.3) is 33.1 Å². The van der Waals surface area contributed by atoms with Gasteiger partial charge in [-0.25, -0.2) is 4.39 Å². The number of H-pyrrole nitrogens is 2. The molecule has 0 unspecified atom stereocenters. The molecule has 0 aliphatic heterocycles. The number of aromatic amines is 2. The van der Waals surface area contributed by atoms with Crippen molar-refractivity contribution in [2.75, 3.05) is 12.3 Å². The van der Waals surface area contributed by atoms with E-state index >= 15 is 0 Å². The van der Waals surface area contributed by atoms with E-state index in [1.807, 2.05) is 36.4 Å². The molecule has 6 nitrogen and oxygen atoms in total. The molecule has 2 heterocycles. The summed E-state index contributed by atoms with van der Waals surface area (Å²) < 4.78 is 26.7. The number of fused-ring (bicyclic) bond motifs is 2. The first kappa shape index (κ1) is 21.8.